The molecule has 21 heavy (non-hydrogen) atoms. The number of carbonyl (C=O) groups is 1. The highest BCUT2D eigenvalue weighted by Crippen LogP contribution is 2.14. The van der Waals surface area contributed by atoms with Crippen molar-refractivity contribution < 1.29 is 13.6 Å². The van der Waals surface area contributed by atoms with Crippen molar-refractivity contribution in [3.8, 4) is 0 Å². The van der Waals surface area contributed by atoms with E-state index in [0.717, 1.165) is 18.7 Å². The van der Waals surface area contributed by atoms with Gasteiger partial charge in [0.05, 0.1) is 0 Å². The molecule has 5 heteroatoms. The molecule has 3 nitrogen and oxygen atoms in total. The van der Waals surface area contributed by atoms with E-state index in [1.807, 2.05) is 14.1 Å². The average Bonchev–Trinajstić information content (AvgIpc) is 2.36. The van der Waals surface area contributed by atoms with Gasteiger partial charge in [-0.3, -0.25) is 4.79 Å². The minimum Gasteiger partial charge on any atom is -0.356 e. The number of aryl methyl sites for hydroxylation is 1. The second-order valence-electron chi connectivity index (χ2n) is 6.43. The van der Waals surface area contributed by atoms with Crippen molar-refractivity contribution in [3.63, 3.8) is 0 Å². The van der Waals surface area contributed by atoms with Gasteiger partial charge in [-0.15, -0.1) is 0 Å². The van der Waals surface area contributed by atoms with E-state index in [0.29, 0.717) is 18.5 Å². The SMILES string of the molecule is CN(C)CC(C)(C)CNC(=O)CCc1ccc(F)c(F)c1. The van der Waals surface area contributed by atoms with Gasteiger partial charge in [0.15, 0.2) is 11.6 Å². The summed E-state index contributed by atoms with van der Waals surface area (Å²) in [6.07, 6.45) is 0.667. The summed E-state index contributed by atoms with van der Waals surface area (Å²) in [5.41, 5.74) is 0.609. The monoisotopic (exact) mass is 298 g/mol. The molecule has 0 aliphatic carbocycles. The van der Waals surface area contributed by atoms with E-state index in [9.17, 15) is 13.6 Å². The van der Waals surface area contributed by atoms with Crippen molar-refractivity contribution in [3.05, 3.63) is 35.4 Å². The second kappa shape index (κ2) is 7.50. The Morgan fingerprint density at radius 3 is 2.48 bits per heavy atom. The van der Waals surface area contributed by atoms with Crippen LogP contribution in [0, 0.1) is 17.0 Å². The molecule has 118 valence electrons. The zero-order valence-electron chi connectivity index (χ0n) is 13.2. The molecule has 1 amide bonds. The summed E-state index contributed by atoms with van der Waals surface area (Å²) >= 11 is 0. The molecule has 0 aliphatic rings. The quantitative estimate of drug-likeness (QED) is 0.839. The van der Waals surface area contributed by atoms with Gasteiger partial charge in [-0.1, -0.05) is 19.9 Å². The molecule has 1 aromatic rings. The van der Waals surface area contributed by atoms with Crippen LogP contribution in [0.3, 0.4) is 0 Å². The van der Waals surface area contributed by atoms with Gasteiger partial charge in [0.2, 0.25) is 5.91 Å². The van der Waals surface area contributed by atoms with Gasteiger partial charge in [-0.05, 0) is 43.6 Å². The summed E-state index contributed by atoms with van der Waals surface area (Å²) in [5.74, 6) is -1.82. The lowest BCUT2D eigenvalue weighted by Gasteiger charge is -2.28. The van der Waals surface area contributed by atoms with Gasteiger partial charge in [-0.25, -0.2) is 8.78 Å². The van der Waals surface area contributed by atoms with Crippen LogP contribution in [0.4, 0.5) is 8.78 Å². The molecule has 0 saturated heterocycles. The van der Waals surface area contributed by atoms with Crippen molar-refractivity contribution in [1.29, 1.82) is 0 Å². The number of halogens is 2. The maximum atomic E-state index is 13.0. The van der Waals surface area contributed by atoms with Crippen molar-refractivity contribution in [2.75, 3.05) is 27.2 Å². The van der Waals surface area contributed by atoms with Crippen LogP contribution in [0.1, 0.15) is 25.8 Å². The van der Waals surface area contributed by atoms with E-state index in [-0.39, 0.29) is 17.7 Å². The van der Waals surface area contributed by atoms with Crippen LogP contribution in [0.2, 0.25) is 0 Å². The van der Waals surface area contributed by atoms with E-state index in [2.05, 4.69) is 24.1 Å². The topological polar surface area (TPSA) is 32.3 Å². The first-order valence-corrected chi connectivity index (χ1v) is 7.05. The average molecular weight is 298 g/mol. The molecule has 0 fully saturated rings. The molecule has 0 saturated carbocycles. The van der Waals surface area contributed by atoms with Crippen LogP contribution in [0.15, 0.2) is 18.2 Å². The number of hydrogen-bond donors (Lipinski definition) is 1. The minimum atomic E-state index is -0.875. The first-order chi connectivity index (χ1) is 9.69. The number of amides is 1. The fourth-order valence-corrected chi connectivity index (χ4v) is 2.29. The summed E-state index contributed by atoms with van der Waals surface area (Å²) in [7, 11) is 3.99. The van der Waals surface area contributed by atoms with Crippen LogP contribution in [0.5, 0.6) is 0 Å². The van der Waals surface area contributed by atoms with Crippen molar-refractivity contribution >= 4 is 5.91 Å². The minimum absolute atomic E-state index is 0.0128. The molecule has 0 atom stereocenters. The maximum Gasteiger partial charge on any atom is 0.220 e. The predicted octanol–water partition coefficient (Wildman–Crippen LogP) is 2.60. The third kappa shape index (κ3) is 6.67. The Labute approximate surface area is 125 Å². The normalized spacial score (nSPS) is 11.8. The van der Waals surface area contributed by atoms with E-state index in [1.165, 1.54) is 6.07 Å². The van der Waals surface area contributed by atoms with Gasteiger partial charge in [0.1, 0.15) is 0 Å². The van der Waals surface area contributed by atoms with E-state index >= 15 is 0 Å². The highest BCUT2D eigenvalue weighted by atomic mass is 19.2. The third-order valence-corrected chi connectivity index (χ3v) is 3.13. The van der Waals surface area contributed by atoms with Crippen LogP contribution >= 0.6 is 0 Å². The summed E-state index contributed by atoms with van der Waals surface area (Å²) < 4.78 is 25.8. The first kappa shape index (κ1) is 17.6. The summed E-state index contributed by atoms with van der Waals surface area (Å²) in [4.78, 5) is 13.9. The summed E-state index contributed by atoms with van der Waals surface area (Å²) in [5, 5.41) is 2.89. The predicted molar refractivity (Wildman–Crippen MR) is 80.0 cm³/mol. The van der Waals surface area contributed by atoms with Crippen LogP contribution in [-0.4, -0.2) is 38.0 Å². The molecule has 0 heterocycles. The molecule has 1 aromatic carbocycles. The highest BCUT2D eigenvalue weighted by molar-refractivity contribution is 5.76. The van der Waals surface area contributed by atoms with Gasteiger partial charge in [0.25, 0.3) is 0 Å². The fourth-order valence-electron chi connectivity index (χ4n) is 2.29. The Kier molecular flexibility index (Phi) is 6.27. The summed E-state index contributed by atoms with van der Waals surface area (Å²) in [6, 6.07) is 3.73. The number of hydrogen-bond acceptors (Lipinski definition) is 2. The van der Waals surface area contributed by atoms with Crippen LogP contribution < -0.4 is 5.32 Å². The molecule has 0 aromatic heterocycles. The lowest BCUT2D eigenvalue weighted by molar-refractivity contribution is -0.121. The van der Waals surface area contributed by atoms with Gasteiger partial charge in [-0.2, -0.15) is 0 Å². The number of rotatable bonds is 7. The maximum absolute atomic E-state index is 13.0. The zero-order chi connectivity index (χ0) is 16.0. The number of benzene rings is 1. The highest BCUT2D eigenvalue weighted by Gasteiger charge is 2.19. The summed E-state index contributed by atoms with van der Waals surface area (Å²) in [6.45, 7) is 5.63. The Balaban J connectivity index is 2.39. The van der Waals surface area contributed by atoms with Gasteiger partial charge < -0.3 is 10.2 Å². The molecule has 0 radical (unpaired) electrons. The molecular formula is C16H24F2N2O. The first-order valence-electron chi connectivity index (χ1n) is 7.05. The molecule has 0 unspecified atom stereocenters. The van der Waals surface area contributed by atoms with Crippen LogP contribution in [0.25, 0.3) is 0 Å². The Morgan fingerprint density at radius 1 is 1.24 bits per heavy atom. The number of nitrogens with one attached hydrogen (secondary N) is 1. The van der Waals surface area contributed by atoms with Gasteiger partial charge in [0, 0.05) is 19.5 Å². The van der Waals surface area contributed by atoms with Crippen LogP contribution in [-0.2, 0) is 11.2 Å². The molecule has 0 bridgehead atoms. The standard InChI is InChI=1S/C16H24F2N2O/c1-16(2,11-20(3)4)10-19-15(21)8-6-12-5-7-13(17)14(18)9-12/h5,7,9H,6,8,10-11H2,1-4H3,(H,19,21). The van der Waals surface area contributed by atoms with E-state index < -0.39 is 11.6 Å². The molecular weight excluding hydrogens is 274 g/mol. The lowest BCUT2D eigenvalue weighted by atomic mass is 9.93. The number of nitrogens with zero attached hydrogens (tertiary/aromatic N) is 1. The lowest BCUT2D eigenvalue weighted by Crippen LogP contribution is -2.40. The zero-order valence-corrected chi connectivity index (χ0v) is 13.2. The Bertz CT molecular complexity index is 487. The Morgan fingerprint density at radius 2 is 1.90 bits per heavy atom. The number of carbonyl (C=O) groups excluding carboxylic acids is 1. The largest absolute Gasteiger partial charge is 0.356 e. The van der Waals surface area contributed by atoms with E-state index in [4.69, 9.17) is 0 Å². The smallest absolute Gasteiger partial charge is 0.220 e. The molecule has 0 aliphatic heterocycles. The molecule has 0 spiro atoms. The molecule has 1 N–H and O–H groups in total. The van der Waals surface area contributed by atoms with Gasteiger partial charge >= 0.3 is 0 Å². The van der Waals surface area contributed by atoms with Crippen molar-refractivity contribution in [2.45, 2.75) is 26.7 Å². The van der Waals surface area contributed by atoms with Crippen molar-refractivity contribution in [2.24, 2.45) is 5.41 Å². The Hall–Kier alpha value is -1.49. The van der Waals surface area contributed by atoms with E-state index in [1.54, 1.807) is 0 Å². The third-order valence-electron chi connectivity index (χ3n) is 3.13. The molecule has 1 rings (SSSR count). The van der Waals surface area contributed by atoms with Crippen molar-refractivity contribution in [1.82, 2.24) is 10.2 Å². The second-order valence-corrected chi connectivity index (χ2v) is 6.43. The fraction of sp³-hybridized carbons (Fsp3) is 0.562.